The molecule has 4 heteroatoms. The molecule has 2 aromatic carbocycles. The molecule has 0 atom stereocenters. The van der Waals surface area contributed by atoms with Crippen LogP contribution in [-0.4, -0.2) is 36.1 Å². The summed E-state index contributed by atoms with van der Waals surface area (Å²) < 4.78 is 5.92. The first-order valence-corrected chi connectivity index (χ1v) is 8.74. The predicted molar refractivity (Wildman–Crippen MR) is 99.4 cm³/mol. The van der Waals surface area contributed by atoms with Crippen molar-refractivity contribution >= 4 is 27.5 Å². The van der Waals surface area contributed by atoms with E-state index >= 15 is 0 Å². The Morgan fingerprint density at radius 1 is 1.04 bits per heavy atom. The fourth-order valence-electron chi connectivity index (χ4n) is 3.45. The van der Waals surface area contributed by atoms with Crippen LogP contribution >= 0.6 is 0 Å². The number of aromatic nitrogens is 1. The minimum Gasteiger partial charge on any atom is -0.493 e. The molecule has 0 aliphatic carbocycles. The van der Waals surface area contributed by atoms with Gasteiger partial charge < -0.3 is 15.4 Å². The molecule has 2 heterocycles. The van der Waals surface area contributed by atoms with Crippen molar-refractivity contribution < 1.29 is 4.74 Å². The number of ether oxygens (including phenoxy) is 1. The predicted octanol–water partition coefficient (Wildman–Crippen LogP) is 3.83. The average molecular weight is 321 g/mol. The molecule has 1 aliphatic heterocycles. The van der Waals surface area contributed by atoms with Crippen molar-refractivity contribution in [1.82, 2.24) is 9.88 Å². The van der Waals surface area contributed by atoms with Gasteiger partial charge in [0.15, 0.2) is 0 Å². The van der Waals surface area contributed by atoms with E-state index in [0.29, 0.717) is 0 Å². The molecule has 124 valence electrons. The maximum atomic E-state index is 6.22. The second-order valence-corrected chi connectivity index (χ2v) is 6.51. The molecule has 24 heavy (non-hydrogen) atoms. The lowest BCUT2D eigenvalue weighted by Gasteiger charge is -2.15. The van der Waals surface area contributed by atoms with E-state index in [9.17, 15) is 0 Å². The molecule has 2 N–H and O–H groups in total. The van der Waals surface area contributed by atoms with Crippen molar-refractivity contribution in [2.24, 2.45) is 0 Å². The summed E-state index contributed by atoms with van der Waals surface area (Å²) in [4.78, 5) is 7.23. The maximum absolute atomic E-state index is 6.22. The van der Waals surface area contributed by atoms with Gasteiger partial charge in [0.05, 0.1) is 17.6 Å². The number of hydrogen-bond donors (Lipinski definition) is 1. The van der Waals surface area contributed by atoms with Crippen molar-refractivity contribution in [1.29, 1.82) is 0 Å². The summed E-state index contributed by atoms with van der Waals surface area (Å²) in [6.45, 7) is 4.31. The highest BCUT2D eigenvalue weighted by molar-refractivity contribution is 5.99. The molecule has 4 nitrogen and oxygen atoms in total. The van der Waals surface area contributed by atoms with Crippen LogP contribution < -0.4 is 10.5 Å². The number of nitrogen functional groups attached to an aromatic ring is 1. The summed E-state index contributed by atoms with van der Waals surface area (Å²) in [5.41, 5.74) is 8.82. The number of pyridine rings is 1. The van der Waals surface area contributed by atoms with Gasteiger partial charge in [0.1, 0.15) is 5.75 Å². The minimum atomic E-state index is 0.717. The molecule has 1 fully saturated rings. The van der Waals surface area contributed by atoms with Crippen LogP contribution in [0.3, 0.4) is 0 Å². The first kappa shape index (κ1) is 15.2. The van der Waals surface area contributed by atoms with Gasteiger partial charge in [-0.15, -0.1) is 0 Å². The minimum absolute atomic E-state index is 0.717. The molecule has 4 rings (SSSR count). The van der Waals surface area contributed by atoms with Crippen LogP contribution in [0.15, 0.2) is 42.5 Å². The second-order valence-electron chi connectivity index (χ2n) is 6.51. The van der Waals surface area contributed by atoms with E-state index in [0.717, 1.165) is 52.8 Å². The van der Waals surface area contributed by atoms with Gasteiger partial charge in [-0.1, -0.05) is 18.2 Å². The van der Waals surface area contributed by atoms with Gasteiger partial charge in [-0.3, -0.25) is 0 Å². The molecular formula is C20H23N3O. The van der Waals surface area contributed by atoms with E-state index < -0.39 is 0 Å². The lowest BCUT2D eigenvalue weighted by Crippen LogP contribution is -2.21. The van der Waals surface area contributed by atoms with Gasteiger partial charge >= 0.3 is 0 Å². The number of anilines is 1. The van der Waals surface area contributed by atoms with Gasteiger partial charge in [-0.25, -0.2) is 4.98 Å². The Morgan fingerprint density at radius 3 is 2.75 bits per heavy atom. The van der Waals surface area contributed by atoms with Crippen LogP contribution in [0.5, 0.6) is 5.75 Å². The highest BCUT2D eigenvalue weighted by atomic mass is 16.5. The Labute approximate surface area is 142 Å². The highest BCUT2D eigenvalue weighted by Gasteiger charge is 2.11. The Kier molecular flexibility index (Phi) is 4.22. The van der Waals surface area contributed by atoms with Crippen LogP contribution in [0.25, 0.3) is 21.8 Å². The van der Waals surface area contributed by atoms with E-state index in [2.05, 4.69) is 17.0 Å². The number of benzene rings is 2. The standard InChI is InChI=1S/C20H23N3O/c21-18-13-16(24-11-5-10-23-8-3-4-9-23)14-20-17(18)12-15-6-1-2-7-19(15)22-20/h1-2,6-7,12-14H,3-5,8-11,21H2. The van der Waals surface area contributed by atoms with Crippen LogP contribution in [0, 0.1) is 0 Å². The van der Waals surface area contributed by atoms with Gasteiger partial charge in [-0.05, 0) is 44.5 Å². The smallest absolute Gasteiger partial charge is 0.123 e. The molecule has 1 aliphatic rings. The number of rotatable bonds is 5. The number of nitrogens with two attached hydrogens (primary N) is 1. The normalized spacial score (nSPS) is 15.3. The molecule has 0 spiro atoms. The molecule has 0 unspecified atom stereocenters. The zero-order chi connectivity index (χ0) is 16.4. The first-order valence-electron chi connectivity index (χ1n) is 8.74. The van der Waals surface area contributed by atoms with Gasteiger partial charge in [0.2, 0.25) is 0 Å². The van der Waals surface area contributed by atoms with E-state index in [1.165, 1.54) is 25.9 Å². The van der Waals surface area contributed by atoms with Crippen molar-refractivity contribution in [3.8, 4) is 5.75 Å². The zero-order valence-corrected chi connectivity index (χ0v) is 13.9. The summed E-state index contributed by atoms with van der Waals surface area (Å²) >= 11 is 0. The highest BCUT2D eigenvalue weighted by Crippen LogP contribution is 2.29. The number of fused-ring (bicyclic) bond motifs is 2. The van der Waals surface area contributed by atoms with Gasteiger partial charge in [-0.2, -0.15) is 0 Å². The van der Waals surface area contributed by atoms with Crippen LogP contribution in [0.4, 0.5) is 5.69 Å². The molecule has 3 aromatic rings. The Bertz CT molecular complexity index is 856. The van der Waals surface area contributed by atoms with Crippen molar-refractivity contribution in [2.75, 3.05) is 32.0 Å². The quantitative estimate of drug-likeness (QED) is 0.441. The average Bonchev–Trinajstić information content (AvgIpc) is 3.11. The van der Waals surface area contributed by atoms with Crippen molar-refractivity contribution in [3.63, 3.8) is 0 Å². The van der Waals surface area contributed by atoms with Crippen LogP contribution in [0.1, 0.15) is 19.3 Å². The second kappa shape index (κ2) is 6.65. The van der Waals surface area contributed by atoms with Crippen LogP contribution in [0.2, 0.25) is 0 Å². The van der Waals surface area contributed by atoms with E-state index in [1.54, 1.807) is 0 Å². The lowest BCUT2D eigenvalue weighted by atomic mass is 10.1. The largest absolute Gasteiger partial charge is 0.493 e. The fourth-order valence-corrected chi connectivity index (χ4v) is 3.45. The number of hydrogen-bond acceptors (Lipinski definition) is 4. The SMILES string of the molecule is Nc1cc(OCCCN2CCCC2)cc2nc3ccccc3cc12. The fraction of sp³-hybridized carbons (Fsp3) is 0.350. The molecular weight excluding hydrogens is 298 g/mol. The molecule has 1 aromatic heterocycles. The molecule has 1 saturated heterocycles. The topological polar surface area (TPSA) is 51.4 Å². The van der Waals surface area contributed by atoms with E-state index in [4.69, 9.17) is 15.5 Å². The third kappa shape index (κ3) is 3.15. The third-order valence-corrected chi connectivity index (χ3v) is 4.73. The first-order chi connectivity index (χ1) is 11.8. The molecule has 0 saturated carbocycles. The monoisotopic (exact) mass is 321 g/mol. The van der Waals surface area contributed by atoms with E-state index in [-0.39, 0.29) is 0 Å². The Morgan fingerprint density at radius 2 is 1.88 bits per heavy atom. The third-order valence-electron chi connectivity index (χ3n) is 4.73. The maximum Gasteiger partial charge on any atom is 0.123 e. The molecule has 0 amide bonds. The van der Waals surface area contributed by atoms with Crippen LogP contribution in [-0.2, 0) is 0 Å². The Hall–Kier alpha value is -2.33. The van der Waals surface area contributed by atoms with E-state index in [1.807, 2.05) is 30.3 Å². The summed E-state index contributed by atoms with van der Waals surface area (Å²) in [6.07, 6.45) is 3.71. The lowest BCUT2D eigenvalue weighted by molar-refractivity contribution is 0.263. The van der Waals surface area contributed by atoms with Gasteiger partial charge in [0.25, 0.3) is 0 Å². The Balaban J connectivity index is 1.50. The summed E-state index contributed by atoms with van der Waals surface area (Å²) in [7, 11) is 0. The molecule has 0 bridgehead atoms. The number of para-hydroxylation sites is 1. The molecule has 0 radical (unpaired) electrons. The van der Waals surface area contributed by atoms with Crippen molar-refractivity contribution in [3.05, 3.63) is 42.5 Å². The van der Waals surface area contributed by atoms with Gasteiger partial charge in [0, 0.05) is 35.1 Å². The summed E-state index contributed by atoms with van der Waals surface area (Å²) in [5.74, 6) is 0.809. The summed E-state index contributed by atoms with van der Waals surface area (Å²) in [5, 5.41) is 2.09. The number of nitrogens with zero attached hydrogens (tertiary/aromatic N) is 2. The number of likely N-dealkylation sites (tertiary alicyclic amines) is 1. The van der Waals surface area contributed by atoms with Crippen molar-refractivity contribution in [2.45, 2.75) is 19.3 Å². The summed E-state index contributed by atoms with van der Waals surface area (Å²) in [6, 6.07) is 14.1. The zero-order valence-electron chi connectivity index (χ0n) is 13.9.